The lowest BCUT2D eigenvalue weighted by molar-refractivity contribution is 0.483. The van der Waals surface area contributed by atoms with Gasteiger partial charge in [-0.05, 0) is 24.0 Å². The van der Waals surface area contributed by atoms with Crippen molar-refractivity contribution in [2.45, 2.75) is 38.1 Å². The van der Waals surface area contributed by atoms with E-state index >= 15 is 0 Å². The van der Waals surface area contributed by atoms with E-state index in [1.165, 1.54) is 41.9 Å². The Morgan fingerprint density at radius 2 is 2.26 bits per heavy atom. The molecule has 0 fully saturated rings. The van der Waals surface area contributed by atoms with Gasteiger partial charge in [0.25, 0.3) is 0 Å². The summed E-state index contributed by atoms with van der Waals surface area (Å²) in [4.78, 5) is 7.43. The first kappa shape index (κ1) is 11.3. The van der Waals surface area contributed by atoms with Gasteiger partial charge in [-0.2, -0.15) is 0 Å². The topological polar surface area (TPSA) is 27.6 Å². The van der Waals surface area contributed by atoms with E-state index in [0.29, 0.717) is 0 Å². The number of nitrogens with zero attached hydrogens (tertiary/aromatic N) is 2. The van der Waals surface area contributed by atoms with Gasteiger partial charge in [-0.15, -0.1) is 0 Å². The zero-order valence-electron chi connectivity index (χ0n) is 11.6. The van der Waals surface area contributed by atoms with Gasteiger partial charge in [-0.1, -0.05) is 31.5 Å². The highest BCUT2D eigenvalue weighted by molar-refractivity contribution is 5.99. The molecule has 0 aromatic heterocycles. The standard InChI is InChI=1S/C16H21N3/c1-2-7-16(15-17-8-9-18-15)11-13-5-3-4-12-6-10-19(16)14(12)13/h3-5H,2,6-11H2,1H3,(H,17,18). The first-order valence-corrected chi connectivity index (χ1v) is 7.52. The average Bonchev–Trinajstić information content (AvgIpc) is 3.13. The number of nitrogens with one attached hydrogen (secondary N) is 1. The van der Waals surface area contributed by atoms with Crippen molar-refractivity contribution in [3.05, 3.63) is 29.3 Å². The molecule has 3 heteroatoms. The number of hydrogen-bond donors (Lipinski definition) is 1. The zero-order chi connectivity index (χ0) is 12.9. The second kappa shape index (κ2) is 3.99. The molecule has 0 saturated heterocycles. The van der Waals surface area contributed by atoms with Crippen LogP contribution in [0.2, 0.25) is 0 Å². The molecule has 100 valence electrons. The lowest BCUT2D eigenvalue weighted by Gasteiger charge is -2.38. The van der Waals surface area contributed by atoms with Crippen molar-refractivity contribution in [3.8, 4) is 0 Å². The summed E-state index contributed by atoms with van der Waals surface area (Å²) in [5, 5.41) is 3.55. The van der Waals surface area contributed by atoms with Crippen LogP contribution in [0.1, 0.15) is 30.9 Å². The molecule has 3 aliphatic rings. The number of hydrogen-bond acceptors (Lipinski definition) is 3. The quantitative estimate of drug-likeness (QED) is 0.896. The number of anilines is 1. The van der Waals surface area contributed by atoms with Gasteiger partial charge in [-0.25, -0.2) is 0 Å². The molecule has 0 amide bonds. The molecular formula is C16H21N3. The summed E-state index contributed by atoms with van der Waals surface area (Å²) < 4.78 is 0. The molecule has 1 aromatic carbocycles. The van der Waals surface area contributed by atoms with E-state index in [1.807, 2.05) is 0 Å². The molecule has 3 nitrogen and oxygen atoms in total. The van der Waals surface area contributed by atoms with E-state index in [4.69, 9.17) is 4.99 Å². The molecule has 4 rings (SSSR count). The number of amidine groups is 1. The predicted octanol–water partition coefficient (Wildman–Crippen LogP) is 2.15. The molecular weight excluding hydrogens is 234 g/mol. The molecule has 1 unspecified atom stereocenters. The van der Waals surface area contributed by atoms with Crippen LogP contribution < -0.4 is 10.2 Å². The van der Waals surface area contributed by atoms with Gasteiger partial charge in [0.2, 0.25) is 0 Å². The van der Waals surface area contributed by atoms with Gasteiger partial charge in [0.15, 0.2) is 0 Å². The monoisotopic (exact) mass is 255 g/mol. The lowest BCUT2D eigenvalue weighted by atomic mass is 9.87. The second-order valence-corrected chi connectivity index (χ2v) is 5.94. The van der Waals surface area contributed by atoms with Crippen molar-refractivity contribution >= 4 is 11.5 Å². The maximum Gasteiger partial charge on any atom is 0.123 e. The summed E-state index contributed by atoms with van der Waals surface area (Å²) in [7, 11) is 0. The van der Waals surface area contributed by atoms with Gasteiger partial charge in [-0.3, -0.25) is 4.99 Å². The van der Waals surface area contributed by atoms with Crippen LogP contribution >= 0.6 is 0 Å². The summed E-state index contributed by atoms with van der Waals surface area (Å²) in [5.41, 5.74) is 4.71. The molecule has 3 aliphatic heterocycles. The third-order valence-electron chi connectivity index (χ3n) is 4.86. The van der Waals surface area contributed by atoms with E-state index in [2.05, 4.69) is 35.3 Å². The van der Waals surface area contributed by atoms with Crippen LogP contribution in [0.3, 0.4) is 0 Å². The Morgan fingerprint density at radius 1 is 1.37 bits per heavy atom. The third-order valence-corrected chi connectivity index (χ3v) is 4.86. The summed E-state index contributed by atoms with van der Waals surface area (Å²) in [5.74, 6) is 1.25. The van der Waals surface area contributed by atoms with Crippen molar-refractivity contribution < 1.29 is 0 Å². The van der Waals surface area contributed by atoms with Crippen LogP contribution in [0.4, 0.5) is 5.69 Å². The van der Waals surface area contributed by atoms with Crippen LogP contribution in [0.5, 0.6) is 0 Å². The van der Waals surface area contributed by atoms with E-state index in [0.717, 1.165) is 26.1 Å². The fourth-order valence-corrected chi connectivity index (χ4v) is 4.19. The molecule has 3 heterocycles. The largest absolute Gasteiger partial charge is 0.370 e. The normalized spacial score (nSPS) is 27.4. The van der Waals surface area contributed by atoms with Crippen LogP contribution in [-0.4, -0.2) is 31.0 Å². The highest BCUT2D eigenvalue weighted by Crippen LogP contribution is 2.47. The van der Waals surface area contributed by atoms with Crippen molar-refractivity contribution in [1.82, 2.24) is 5.32 Å². The van der Waals surface area contributed by atoms with Gasteiger partial charge in [0.05, 0.1) is 6.54 Å². The Kier molecular flexibility index (Phi) is 2.38. The highest BCUT2D eigenvalue weighted by atomic mass is 15.3. The molecule has 1 atom stereocenters. The first-order valence-electron chi connectivity index (χ1n) is 7.52. The van der Waals surface area contributed by atoms with Crippen LogP contribution in [-0.2, 0) is 12.8 Å². The van der Waals surface area contributed by atoms with E-state index in [-0.39, 0.29) is 5.54 Å². The average molecular weight is 255 g/mol. The first-order chi connectivity index (χ1) is 9.35. The van der Waals surface area contributed by atoms with Crippen molar-refractivity contribution in [1.29, 1.82) is 0 Å². The Morgan fingerprint density at radius 3 is 3.05 bits per heavy atom. The molecule has 1 N–H and O–H groups in total. The maximum atomic E-state index is 4.78. The molecule has 0 radical (unpaired) electrons. The van der Waals surface area contributed by atoms with Gasteiger partial charge in [0, 0.05) is 25.2 Å². The summed E-state index contributed by atoms with van der Waals surface area (Å²) in [6.45, 7) is 5.40. The van der Waals surface area contributed by atoms with Crippen molar-refractivity contribution in [2.24, 2.45) is 4.99 Å². The number of aliphatic imine (C=N–C) groups is 1. The summed E-state index contributed by atoms with van der Waals surface area (Å²) in [6, 6.07) is 6.83. The summed E-state index contributed by atoms with van der Waals surface area (Å²) in [6.07, 6.45) is 4.74. The molecule has 19 heavy (non-hydrogen) atoms. The van der Waals surface area contributed by atoms with Crippen LogP contribution in [0.15, 0.2) is 23.2 Å². The second-order valence-electron chi connectivity index (χ2n) is 5.94. The SMILES string of the molecule is CCCC1(C2=NCCN2)Cc2cccc3c2N1CC3. The van der Waals surface area contributed by atoms with Gasteiger partial charge in [0.1, 0.15) is 11.4 Å². The summed E-state index contributed by atoms with van der Waals surface area (Å²) >= 11 is 0. The third kappa shape index (κ3) is 1.41. The minimum atomic E-state index is 0.125. The van der Waals surface area contributed by atoms with E-state index in [9.17, 15) is 0 Å². The Hall–Kier alpha value is -1.51. The maximum absolute atomic E-state index is 4.78. The predicted molar refractivity (Wildman–Crippen MR) is 79.1 cm³/mol. The van der Waals surface area contributed by atoms with Gasteiger partial charge < -0.3 is 10.2 Å². The van der Waals surface area contributed by atoms with Crippen LogP contribution in [0.25, 0.3) is 0 Å². The van der Waals surface area contributed by atoms with Gasteiger partial charge >= 0.3 is 0 Å². The fraction of sp³-hybridized carbons (Fsp3) is 0.562. The Labute approximate surface area is 114 Å². The number of benzene rings is 1. The minimum absolute atomic E-state index is 0.125. The van der Waals surface area contributed by atoms with E-state index < -0.39 is 0 Å². The zero-order valence-corrected chi connectivity index (χ0v) is 11.6. The number of para-hydroxylation sites is 1. The minimum Gasteiger partial charge on any atom is -0.370 e. The fourth-order valence-electron chi connectivity index (χ4n) is 4.19. The van der Waals surface area contributed by atoms with E-state index in [1.54, 1.807) is 0 Å². The lowest BCUT2D eigenvalue weighted by Crippen LogP contribution is -2.56. The molecule has 0 bridgehead atoms. The highest BCUT2D eigenvalue weighted by Gasteiger charge is 2.50. The molecule has 1 aromatic rings. The van der Waals surface area contributed by atoms with Crippen LogP contribution in [0, 0.1) is 0 Å². The van der Waals surface area contributed by atoms with Crippen molar-refractivity contribution in [2.75, 3.05) is 24.5 Å². The molecule has 0 spiro atoms. The van der Waals surface area contributed by atoms with Crippen molar-refractivity contribution in [3.63, 3.8) is 0 Å². The smallest absolute Gasteiger partial charge is 0.123 e. The number of rotatable bonds is 3. The molecule has 0 aliphatic carbocycles. The Balaban J connectivity index is 1.83. The Bertz CT molecular complexity index is 549. The molecule has 0 saturated carbocycles.